The first-order valence-electron chi connectivity index (χ1n) is 4.54. The zero-order valence-electron chi connectivity index (χ0n) is 8.90. The molecule has 0 aliphatic heterocycles. The first kappa shape index (κ1) is 11.7. The van der Waals surface area contributed by atoms with Gasteiger partial charge in [0.2, 0.25) is 5.75 Å². The van der Waals surface area contributed by atoms with Crippen LogP contribution < -0.4 is 14.2 Å². The van der Waals surface area contributed by atoms with Crippen molar-refractivity contribution in [3.8, 4) is 17.2 Å². The van der Waals surface area contributed by atoms with Crippen molar-refractivity contribution < 1.29 is 19.3 Å². The first-order chi connectivity index (χ1) is 7.19. The van der Waals surface area contributed by atoms with E-state index in [2.05, 4.69) is 6.92 Å². The van der Waals surface area contributed by atoms with E-state index in [1.807, 2.05) is 0 Å². The summed E-state index contributed by atoms with van der Waals surface area (Å²) in [4.78, 5) is 0. The fraction of sp³-hybridized carbons (Fsp3) is 0.364. The van der Waals surface area contributed by atoms with Gasteiger partial charge in [-0.3, -0.25) is 0 Å². The molecule has 0 aromatic heterocycles. The number of methoxy groups -OCH3 is 2. The van der Waals surface area contributed by atoms with Crippen LogP contribution in [0.25, 0.3) is 0 Å². The molecule has 0 saturated carbocycles. The minimum absolute atomic E-state index is 0.115. The van der Waals surface area contributed by atoms with Crippen molar-refractivity contribution in [1.82, 2.24) is 0 Å². The molecule has 0 amide bonds. The number of aliphatic hydroxyl groups is 1. The molecule has 1 unspecified atom stereocenters. The third-order valence-corrected chi connectivity index (χ3v) is 1.80. The minimum Gasteiger partial charge on any atom is -0.493 e. The highest BCUT2D eigenvalue weighted by molar-refractivity contribution is 5.50. The summed E-state index contributed by atoms with van der Waals surface area (Å²) in [5.74, 6) is 1.63. The maximum Gasteiger partial charge on any atom is 0.203 e. The van der Waals surface area contributed by atoms with Crippen molar-refractivity contribution in [2.75, 3.05) is 20.8 Å². The van der Waals surface area contributed by atoms with Crippen LogP contribution in [0.4, 0.5) is 0 Å². The highest BCUT2D eigenvalue weighted by Gasteiger charge is 2.10. The average Bonchev–Trinajstić information content (AvgIpc) is 2.25. The quantitative estimate of drug-likeness (QED) is 0.797. The van der Waals surface area contributed by atoms with Crippen LogP contribution in [0.2, 0.25) is 0 Å². The van der Waals surface area contributed by atoms with Crippen LogP contribution in [-0.2, 0) is 0 Å². The van der Waals surface area contributed by atoms with Crippen LogP contribution in [0.3, 0.4) is 0 Å². The van der Waals surface area contributed by atoms with Crippen LogP contribution in [0, 0.1) is 6.92 Å². The van der Waals surface area contributed by atoms with Gasteiger partial charge in [-0.25, -0.2) is 0 Å². The van der Waals surface area contributed by atoms with E-state index in [1.54, 1.807) is 25.3 Å². The van der Waals surface area contributed by atoms with Crippen molar-refractivity contribution in [1.29, 1.82) is 0 Å². The van der Waals surface area contributed by atoms with E-state index < -0.39 is 6.10 Å². The number of aliphatic hydroxyl groups excluding tert-OH is 1. The van der Waals surface area contributed by atoms with Crippen LogP contribution in [0.1, 0.15) is 0 Å². The van der Waals surface area contributed by atoms with E-state index in [0.29, 0.717) is 17.2 Å². The molecule has 1 aromatic carbocycles. The third kappa shape index (κ3) is 3.02. The number of para-hydroxylation sites is 1. The monoisotopic (exact) mass is 211 g/mol. The van der Waals surface area contributed by atoms with Gasteiger partial charge in [0.1, 0.15) is 6.61 Å². The standard InChI is InChI=1S/C11H15O4/c1-8(12)7-15-10-6-4-5-9(13-2)11(10)14-3/h4-6,8,12H,1,7H2,2-3H3. The molecule has 0 aliphatic carbocycles. The van der Waals surface area contributed by atoms with Crippen LogP contribution in [0.15, 0.2) is 18.2 Å². The maximum absolute atomic E-state index is 9.00. The number of hydrogen-bond donors (Lipinski definition) is 1. The normalized spacial score (nSPS) is 12.0. The summed E-state index contributed by atoms with van der Waals surface area (Å²) in [6.45, 7) is 3.52. The summed E-state index contributed by atoms with van der Waals surface area (Å²) in [6, 6.07) is 5.29. The SMILES string of the molecule is [CH2]C(O)COc1cccc(OC)c1OC. The summed E-state index contributed by atoms with van der Waals surface area (Å²) in [7, 11) is 3.09. The van der Waals surface area contributed by atoms with E-state index in [0.717, 1.165) is 0 Å². The van der Waals surface area contributed by atoms with Gasteiger partial charge in [-0.2, -0.15) is 0 Å². The smallest absolute Gasteiger partial charge is 0.203 e. The Labute approximate surface area is 89.4 Å². The molecule has 1 radical (unpaired) electrons. The topological polar surface area (TPSA) is 47.9 Å². The Bertz CT molecular complexity index is 309. The molecule has 0 spiro atoms. The molecule has 4 heteroatoms. The number of hydrogen-bond acceptors (Lipinski definition) is 4. The van der Waals surface area contributed by atoms with Crippen LogP contribution in [0.5, 0.6) is 17.2 Å². The Hall–Kier alpha value is -1.42. The number of ether oxygens (including phenoxy) is 3. The number of benzene rings is 1. The van der Waals surface area contributed by atoms with Gasteiger partial charge >= 0.3 is 0 Å². The summed E-state index contributed by atoms with van der Waals surface area (Å²) < 4.78 is 15.6. The Kier molecular flexibility index (Phi) is 4.24. The van der Waals surface area contributed by atoms with Crippen LogP contribution in [-0.4, -0.2) is 32.0 Å². The second kappa shape index (κ2) is 5.46. The second-order valence-electron chi connectivity index (χ2n) is 2.96. The molecular formula is C11H15O4. The molecule has 1 N–H and O–H groups in total. The summed E-state index contributed by atoms with van der Waals surface area (Å²) in [5.41, 5.74) is 0. The molecule has 0 fully saturated rings. The van der Waals surface area contributed by atoms with Crippen molar-refractivity contribution in [2.24, 2.45) is 0 Å². The zero-order chi connectivity index (χ0) is 11.3. The van der Waals surface area contributed by atoms with Crippen molar-refractivity contribution in [2.45, 2.75) is 6.10 Å². The van der Waals surface area contributed by atoms with Gasteiger partial charge in [0.15, 0.2) is 11.5 Å². The lowest BCUT2D eigenvalue weighted by molar-refractivity contribution is 0.139. The van der Waals surface area contributed by atoms with E-state index >= 15 is 0 Å². The molecule has 0 heterocycles. The lowest BCUT2D eigenvalue weighted by atomic mass is 10.3. The molecule has 1 atom stereocenters. The molecule has 83 valence electrons. The molecule has 1 aromatic rings. The maximum atomic E-state index is 9.00. The second-order valence-corrected chi connectivity index (χ2v) is 2.96. The van der Waals surface area contributed by atoms with E-state index in [9.17, 15) is 0 Å². The Balaban J connectivity index is 2.86. The molecular weight excluding hydrogens is 196 g/mol. The van der Waals surface area contributed by atoms with E-state index in [-0.39, 0.29) is 6.61 Å². The fourth-order valence-electron chi connectivity index (χ4n) is 1.16. The molecule has 4 nitrogen and oxygen atoms in total. The zero-order valence-corrected chi connectivity index (χ0v) is 8.90. The molecule has 0 bridgehead atoms. The van der Waals surface area contributed by atoms with Gasteiger partial charge in [-0.1, -0.05) is 6.07 Å². The van der Waals surface area contributed by atoms with E-state index in [4.69, 9.17) is 19.3 Å². The summed E-state index contributed by atoms with van der Waals surface area (Å²) in [5, 5.41) is 9.00. The lowest BCUT2D eigenvalue weighted by Crippen LogP contribution is -2.13. The minimum atomic E-state index is -0.763. The molecule has 1 rings (SSSR count). The first-order valence-corrected chi connectivity index (χ1v) is 4.54. The largest absolute Gasteiger partial charge is 0.493 e. The van der Waals surface area contributed by atoms with Crippen molar-refractivity contribution in [3.05, 3.63) is 25.1 Å². The Morgan fingerprint density at radius 3 is 2.47 bits per heavy atom. The van der Waals surface area contributed by atoms with Gasteiger partial charge in [0.25, 0.3) is 0 Å². The predicted octanol–water partition coefficient (Wildman–Crippen LogP) is 1.28. The Morgan fingerprint density at radius 2 is 1.93 bits per heavy atom. The van der Waals surface area contributed by atoms with Gasteiger partial charge in [-0.05, 0) is 19.1 Å². The predicted molar refractivity (Wildman–Crippen MR) is 56.4 cm³/mol. The lowest BCUT2D eigenvalue weighted by Gasteiger charge is -2.14. The van der Waals surface area contributed by atoms with Crippen LogP contribution >= 0.6 is 0 Å². The summed E-state index contributed by atoms with van der Waals surface area (Å²) in [6.07, 6.45) is -0.763. The third-order valence-electron chi connectivity index (χ3n) is 1.80. The summed E-state index contributed by atoms with van der Waals surface area (Å²) >= 11 is 0. The highest BCUT2D eigenvalue weighted by atomic mass is 16.5. The Morgan fingerprint density at radius 1 is 1.27 bits per heavy atom. The number of rotatable bonds is 5. The van der Waals surface area contributed by atoms with Gasteiger partial charge < -0.3 is 19.3 Å². The van der Waals surface area contributed by atoms with Gasteiger partial charge in [-0.15, -0.1) is 0 Å². The van der Waals surface area contributed by atoms with E-state index in [1.165, 1.54) is 7.11 Å². The molecule has 0 aliphatic rings. The average molecular weight is 211 g/mol. The van der Waals surface area contributed by atoms with Crippen molar-refractivity contribution >= 4 is 0 Å². The highest BCUT2D eigenvalue weighted by Crippen LogP contribution is 2.36. The fourth-order valence-corrected chi connectivity index (χ4v) is 1.16. The van der Waals surface area contributed by atoms with Gasteiger partial charge in [0.05, 0.1) is 20.3 Å². The van der Waals surface area contributed by atoms with Gasteiger partial charge in [0, 0.05) is 0 Å². The molecule has 15 heavy (non-hydrogen) atoms. The molecule has 0 saturated heterocycles. The van der Waals surface area contributed by atoms with Crippen molar-refractivity contribution in [3.63, 3.8) is 0 Å².